The zero-order chi connectivity index (χ0) is 13.0. The standard InChI is InChI=1S/C14H22N2O2/c1-14(10-17,11-18)9-12-5-4-6-15-13(12)16-7-2-3-8-16/h4-6,17-18H,2-3,7-11H2,1H3. The average molecular weight is 250 g/mol. The Morgan fingerprint density at radius 3 is 2.56 bits per heavy atom. The second-order valence-corrected chi connectivity index (χ2v) is 5.48. The lowest BCUT2D eigenvalue weighted by Gasteiger charge is -2.27. The van der Waals surface area contributed by atoms with E-state index in [0.29, 0.717) is 6.42 Å². The van der Waals surface area contributed by atoms with Gasteiger partial charge in [0, 0.05) is 24.7 Å². The second-order valence-electron chi connectivity index (χ2n) is 5.48. The number of aliphatic hydroxyl groups is 2. The maximum Gasteiger partial charge on any atom is 0.131 e. The van der Waals surface area contributed by atoms with Crippen LogP contribution in [0.4, 0.5) is 5.82 Å². The number of nitrogens with zero attached hydrogens (tertiary/aromatic N) is 2. The zero-order valence-corrected chi connectivity index (χ0v) is 11.0. The Kier molecular flexibility index (Phi) is 4.19. The molecule has 1 saturated heterocycles. The smallest absolute Gasteiger partial charge is 0.131 e. The molecule has 0 bridgehead atoms. The van der Waals surface area contributed by atoms with Crippen LogP contribution in [0.2, 0.25) is 0 Å². The summed E-state index contributed by atoms with van der Waals surface area (Å²) in [6.07, 6.45) is 4.90. The number of aliphatic hydroxyl groups excluding tert-OH is 2. The van der Waals surface area contributed by atoms with E-state index in [9.17, 15) is 10.2 Å². The Morgan fingerprint density at radius 2 is 1.94 bits per heavy atom. The SMILES string of the molecule is CC(CO)(CO)Cc1cccnc1N1CCCC1. The van der Waals surface area contributed by atoms with Crippen LogP contribution in [-0.4, -0.2) is 41.5 Å². The van der Waals surface area contributed by atoms with Gasteiger partial charge in [0.05, 0.1) is 13.2 Å². The van der Waals surface area contributed by atoms with Crippen LogP contribution in [0.3, 0.4) is 0 Å². The number of hydrogen-bond donors (Lipinski definition) is 2. The van der Waals surface area contributed by atoms with Crippen LogP contribution < -0.4 is 4.90 Å². The molecule has 2 rings (SSSR count). The summed E-state index contributed by atoms with van der Waals surface area (Å²) in [6.45, 7) is 3.97. The van der Waals surface area contributed by atoms with E-state index >= 15 is 0 Å². The predicted molar refractivity (Wildman–Crippen MR) is 71.7 cm³/mol. The topological polar surface area (TPSA) is 56.6 Å². The Balaban J connectivity index is 2.21. The van der Waals surface area contributed by atoms with Gasteiger partial charge in [0.1, 0.15) is 5.82 Å². The summed E-state index contributed by atoms with van der Waals surface area (Å²) in [5.74, 6) is 1.02. The second kappa shape index (κ2) is 5.67. The van der Waals surface area contributed by atoms with Gasteiger partial charge < -0.3 is 15.1 Å². The quantitative estimate of drug-likeness (QED) is 0.825. The van der Waals surface area contributed by atoms with Gasteiger partial charge in [-0.3, -0.25) is 0 Å². The van der Waals surface area contributed by atoms with Crippen molar-refractivity contribution in [2.45, 2.75) is 26.2 Å². The van der Waals surface area contributed by atoms with Crippen LogP contribution in [0.15, 0.2) is 18.3 Å². The van der Waals surface area contributed by atoms with Crippen LogP contribution in [-0.2, 0) is 6.42 Å². The van der Waals surface area contributed by atoms with Crippen molar-refractivity contribution in [3.8, 4) is 0 Å². The lowest BCUT2D eigenvalue weighted by Crippen LogP contribution is -2.30. The lowest BCUT2D eigenvalue weighted by molar-refractivity contribution is 0.0704. The van der Waals surface area contributed by atoms with E-state index in [1.54, 1.807) is 0 Å². The van der Waals surface area contributed by atoms with Crippen molar-refractivity contribution >= 4 is 5.82 Å². The van der Waals surface area contributed by atoms with E-state index < -0.39 is 5.41 Å². The van der Waals surface area contributed by atoms with Gasteiger partial charge in [-0.15, -0.1) is 0 Å². The van der Waals surface area contributed by atoms with Crippen molar-refractivity contribution in [2.24, 2.45) is 5.41 Å². The van der Waals surface area contributed by atoms with E-state index in [1.807, 2.05) is 25.3 Å². The highest BCUT2D eigenvalue weighted by molar-refractivity contribution is 5.47. The first-order chi connectivity index (χ1) is 8.68. The summed E-state index contributed by atoms with van der Waals surface area (Å²) in [7, 11) is 0. The third kappa shape index (κ3) is 2.82. The highest BCUT2D eigenvalue weighted by Gasteiger charge is 2.26. The van der Waals surface area contributed by atoms with Crippen molar-refractivity contribution in [1.82, 2.24) is 4.98 Å². The molecule has 0 radical (unpaired) electrons. The molecule has 1 fully saturated rings. The molecular weight excluding hydrogens is 228 g/mol. The normalized spacial score (nSPS) is 16.3. The molecular formula is C14H22N2O2. The highest BCUT2D eigenvalue weighted by Crippen LogP contribution is 2.28. The molecule has 2 N–H and O–H groups in total. The van der Waals surface area contributed by atoms with Gasteiger partial charge >= 0.3 is 0 Å². The molecule has 0 saturated carbocycles. The molecule has 1 aliphatic heterocycles. The van der Waals surface area contributed by atoms with Gasteiger partial charge in [0.15, 0.2) is 0 Å². The van der Waals surface area contributed by atoms with Gasteiger partial charge in [-0.2, -0.15) is 0 Å². The third-order valence-corrected chi connectivity index (χ3v) is 3.65. The molecule has 4 heteroatoms. The fraction of sp³-hybridized carbons (Fsp3) is 0.643. The van der Waals surface area contributed by atoms with E-state index in [4.69, 9.17) is 0 Å². The molecule has 2 heterocycles. The molecule has 0 atom stereocenters. The van der Waals surface area contributed by atoms with Crippen molar-refractivity contribution in [1.29, 1.82) is 0 Å². The number of hydrogen-bond acceptors (Lipinski definition) is 4. The van der Waals surface area contributed by atoms with Gasteiger partial charge in [-0.25, -0.2) is 4.98 Å². The van der Waals surface area contributed by atoms with Crippen molar-refractivity contribution in [3.05, 3.63) is 23.9 Å². The Labute approximate surface area is 108 Å². The molecule has 1 aliphatic rings. The molecule has 0 aromatic carbocycles. The van der Waals surface area contributed by atoms with Crippen LogP contribution in [0.5, 0.6) is 0 Å². The predicted octanol–water partition coefficient (Wildman–Crippen LogP) is 1.22. The van der Waals surface area contributed by atoms with Gasteiger partial charge in [0.25, 0.3) is 0 Å². The number of aromatic nitrogens is 1. The van der Waals surface area contributed by atoms with E-state index in [0.717, 1.165) is 24.5 Å². The molecule has 18 heavy (non-hydrogen) atoms. The average Bonchev–Trinajstić information content (AvgIpc) is 2.93. The first-order valence-electron chi connectivity index (χ1n) is 6.59. The number of rotatable bonds is 5. The Morgan fingerprint density at radius 1 is 1.28 bits per heavy atom. The molecule has 0 unspecified atom stereocenters. The van der Waals surface area contributed by atoms with Crippen molar-refractivity contribution in [2.75, 3.05) is 31.2 Å². The van der Waals surface area contributed by atoms with Crippen LogP contribution in [0, 0.1) is 5.41 Å². The van der Waals surface area contributed by atoms with Crippen molar-refractivity contribution in [3.63, 3.8) is 0 Å². The van der Waals surface area contributed by atoms with E-state index in [1.165, 1.54) is 12.8 Å². The van der Waals surface area contributed by atoms with E-state index in [2.05, 4.69) is 9.88 Å². The summed E-state index contributed by atoms with van der Waals surface area (Å²) >= 11 is 0. The highest BCUT2D eigenvalue weighted by atomic mass is 16.3. The zero-order valence-electron chi connectivity index (χ0n) is 11.0. The summed E-state index contributed by atoms with van der Waals surface area (Å²) in [6, 6.07) is 3.97. The van der Waals surface area contributed by atoms with Crippen LogP contribution >= 0.6 is 0 Å². The van der Waals surface area contributed by atoms with Gasteiger partial charge in [0.2, 0.25) is 0 Å². The third-order valence-electron chi connectivity index (χ3n) is 3.65. The molecule has 0 aliphatic carbocycles. The molecule has 100 valence electrons. The molecule has 1 aromatic heterocycles. The molecule has 0 spiro atoms. The largest absolute Gasteiger partial charge is 0.396 e. The summed E-state index contributed by atoms with van der Waals surface area (Å²) in [5, 5.41) is 18.8. The fourth-order valence-corrected chi connectivity index (χ4v) is 2.40. The maximum absolute atomic E-state index is 9.41. The number of anilines is 1. The fourth-order valence-electron chi connectivity index (χ4n) is 2.40. The first-order valence-corrected chi connectivity index (χ1v) is 6.59. The lowest BCUT2D eigenvalue weighted by atomic mass is 9.85. The van der Waals surface area contributed by atoms with Gasteiger partial charge in [-0.1, -0.05) is 13.0 Å². The molecule has 4 nitrogen and oxygen atoms in total. The Bertz CT molecular complexity index is 385. The van der Waals surface area contributed by atoms with Crippen LogP contribution in [0.1, 0.15) is 25.3 Å². The van der Waals surface area contributed by atoms with Crippen LogP contribution in [0.25, 0.3) is 0 Å². The molecule has 0 amide bonds. The monoisotopic (exact) mass is 250 g/mol. The van der Waals surface area contributed by atoms with Crippen molar-refractivity contribution < 1.29 is 10.2 Å². The van der Waals surface area contributed by atoms with Gasteiger partial charge in [-0.05, 0) is 30.9 Å². The minimum atomic E-state index is -0.475. The number of pyridine rings is 1. The molecule has 1 aromatic rings. The Hall–Kier alpha value is -1.13. The maximum atomic E-state index is 9.41. The van der Waals surface area contributed by atoms with E-state index in [-0.39, 0.29) is 13.2 Å². The summed E-state index contributed by atoms with van der Waals surface area (Å²) in [4.78, 5) is 6.77. The minimum Gasteiger partial charge on any atom is -0.396 e. The summed E-state index contributed by atoms with van der Waals surface area (Å²) in [5.41, 5.74) is 0.641. The first kappa shape index (κ1) is 13.3. The summed E-state index contributed by atoms with van der Waals surface area (Å²) < 4.78 is 0. The minimum absolute atomic E-state index is 0.0160.